The first-order chi connectivity index (χ1) is 21.5. The number of benzene rings is 4. The summed E-state index contributed by atoms with van der Waals surface area (Å²) < 4.78 is 6.06. The smallest absolute Gasteiger partial charge is 0.247 e. The van der Waals surface area contributed by atoms with Crippen LogP contribution in [0.2, 0.25) is 0 Å². The number of rotatable bonds is 6. The fourth-order valence-electron chi connectivity index (χ4n) is 7.47. The molecule has 4 aromatic rings. The van der Waals surface area contributed by atoms with Gasteiger partial charge in [0.05, 0.1) is 11.8 Å². The minimum atomic E-state index is -1.31. The second-order valence-corrected chi connectivity index (χ2v) is 13.7. The number of likely N-dealkylation sites (tertiary alicyclic amines) is 1. The number of carbonyl (C=O) groups excluding carboxylic acids is 3. The number of hydrogen-bond acceptors (Lipinski definition) is 4. The highest BCUT2D eigenvalue weighted by Crippen LogP contribution is 2.69. The third kappa shape index (κ3) is 4.12. The van der Waals surface area contributed by atoms with Gasteiger partial charge in [0.15, 0.2) is 0 Å². The molecule has 0 radical (unpaired) electrons. The maximum absolute atomic E-state index is 14.4. The van der Waals surface area contributed by atoms with Crippen molar-refractivity contribution in [3.8, 4) is 11.5 Å². The lowest BCUT2D eigenvalue weighted by molar-refractivity contribution is -0.148. The highest BCUT2D eigenvalue weighted by Gasteiger charge is 2.73. The van der Waals surface area contributed by atoms with E-state index in [-0.39, 0.29) is 5.92 Å². The predicted octanol–water partition coefficient (Wildman–Crippen LogP) is 7.65. The summed E-state index contributed by atoms with van der Waals surface area (Å²) in [6.45, 7) is 7.67. The predicted molar refractivity (Wildman–Crippen MR) is 175 cm³/mol. The standard InChI is InChI=1S/C37H32Cl2N2O4/c1-20(2)32(33(42)40-23-16-18-24(19-17-23)45-29-15-9-10-21(3)22(29)4)41-34(43)30-31(35(41)44)37(39)26-12-6-5-11-25(26)36(30,38)27-13-7-8-14-28(27)37/h5-20,30-32H,1-4H3,(H,40,42)/t30-,31-,32+,36?,37?/m1/s1. The molecule has 228 valence electrons. The summed E-state index contributed by atoms with van der Waals surface area (Å²) in [5.41, 5.74) is 5.57. The van der Waals surface area contributed by atoms with E-state index in [0.29, 0.717) is 11.4 Å². The largest absolute Gasteiger partial charge is 0.457 e. The third-order valence-electron chi connectivity index (χ3n) is 9.70. The van der Waals surface area contributed by atoms with Gasteiger partial charge in [0.25, 0.3) is 0 Å². The fraction of sp³-hybridized carbons (Fsp3) is 0.270. The van der Waals surface area contributed by atoms with Gasteiger partial charge in [-0.15, -0.1) is 23.2 Å². The molecular weight excluding hydrogens is 607 g/mol. The van der Waals surface area contributed by atoms with E-state index in [1.54, 1.807) is 24.3 Å². The van der Waals surface area contributed by atoms with E-state index in [9.17, 15) is 14.4 Å². The summed E-state index contributed by atoms with van der Waals surface area (Å²) in [6, 6.07) is 26.8. The van der Waals surface area contributed by atoms with Crippen molar-refractivity contribution in [1.29, 1.82) is 0 Å². The molecule has 45 heavy (non-hydrogen) atoms. The number of imide groups is 1. The molecule has 8 heteroatoms. The Kier molecular flexibility index (Phi) is 6.88. The van der Waals surface area contributed by atoms with Crippen LogP contribution in [0, 0.1) is 31.6 Å². The summed E-state index contributed by atoms with van der Waals surface area (Å²) in [6.07, 6.45) is 0. The van der Waals surface area contributed by atoms with Crippen molar-refractivity contribution < 1.29 is 19.1 Å². The molecule has 1 aliphatic heterocycles. The van der Waals surface area contributed by atoms with Crippen LogP contribution < -0.4 is 10.1 Å². The van der Waals surface area contributed by atoms with Crippen molar-refractivity contribution in [3.63, 3.8) is 0 Å². The van der Waals surface area contributed by atoms with Crippen molar-refractivity contribution >= 4 is 46.6 Å². The van der Waals surface area contributed by atoms with Gasteiger partial charge >= 0.3 is 0 Å². The SMILES string of the molecule is Cc1cccc(Oc2ccc(NC(=O)[C@H](C(C)C)N3C(=O)[C@H]4[C@H](C3=O)C3(Cl)c5ccccc5C4(Cl)c4ccccc43)cc2)c1C. The Morgan fingerprint density at radius 2 is 1.24 bits per heavy atom. The van der Waals surface area contributed by atoms with Gasteiger partial charge in [0, 0.05) is 5.69 Å². The van der Waals surface area contributed by atoms with Gasteiger partial charge in [0.2, 0.25) is 17.7 Å². The average Bonchev–Trinajstić information content (AvgIpc) is 3.29. The molecule has 8 rings (SSSR count). The second-order valence-electron chi connectivity index (χ2n) is 12.5. The van der Waals surface area contributed by atoms with Gasteiger partial charge in [-0.2, -0.15) is 0 Å². The fourth-order valence-corrected chi connectivity index (χ4v) is 8.56. The van der Waals surface area contributed by atoms with E-state index in [2.05, 4.69) is 5.32 Å². The maximum Gasteiger partial charge on any atom is 0.247 e. The lowest BCUT2D eigenvalue weighted by Gasteiger charge is -2.54. The molecule has 0 aromatic heterocycles. The minimum Gasteiger partial charge on any atom is -0.457 e. The van der Waals surface area contributed by atoms with Crippen LogP contribution in [0.4, 0.5) is 5.69 Å². The minimum absolute atomic E-state index is 0.384. The summed E-state index contributed by atoms with van der Waals surface area (Å²) in [4.78, 5) is 41.3. The van der Waals surface area contributed by atoms with Crippen LogP contribution in [-0.2, 0) is 24.1 Å². The molecule has 0 saturated carbocycles. The van der Waals surface area contributed by atoms with E-state index in [1.165, 1.54) is 0 Å². The van der Waals surface area contributed by atoms with E-state index < -0.39 is 45.3 Å². The molecule has 1 N–H and O–H groups in total. The molecule has 1 fully saturated rings. The molecule has 3 aliphatic carbocycles. The van der Waals surface area contributed by atoms with Gasteiger partial charge in [-0.3, -0.25) is 19.3 Å². The lowest BCUT2D eigenvalue weighted by Crippen LogP contribution is -2.57. The Morgan fingerprint density at radius 3 is 1.71 bits per heavy atom. The molecule has 3 atom stereocenters. The summed E-state index contributed by atoms with van der Waals surface area (Å²) in [5.74, 6) is -2.39. The number of nitrogens with one attached hydrogen (secondary N) is 1. The van der Waals surface area contributed by atoms with E-state index >= 15 is 0 Å². The monoisotopic (exact) mass is 638 g/mol. The number of nitrogens with zero attached hydrogens (tertiary/aromatic N) is 1. The number of anilines is 1. The molecule has 0 unspecified atom stereocenters. The van der Waals surface area contributed by atoms with Crippen LogP contribution in [0.1, 0.15) is 47.2 Å². The number of ether oxygens (including phenoxy) is 1. The van der Waals surface area contributed by atoms with E-state index in [4.69, 9.17) is 27.9 Å². The van der Waals surface area contributed by atoms with Crippen LogP contribution in [0.15, 0.2) is 91.0 Å². The zero-order chi connectivity index (χ0) is 31.8. The molecule has 1 saturated heterocycles. The topological polar surface area (TPSA) is 75.7 Å². The number of halogens is 2. The molecule has 4 aromatic carbocycles. The summed E-state index contributed by atoms with van der Waals surface area (Å²) in [7, 11) is 0. The molecule has 6 nitrogen and oxygen atoms in total. The van der Waals surface area contributed by atoms with Crippen molar-refractivity contribution in [2.75, 3.05) is 5.32 Å². The van der Waals surface area contributed by atoms with Crippen molar-refractivity contribution in [1.82, 2.24) is 4.90 Å². The zero-order valence-electron chi connectivity index (χ0n) is 25.3. The van der Waals surface area contributed by atoms with Gasteiger partial charge < -0.3 is 10.1 Å². The summed E-state index contributed by atoms with van der Waals surface area (Å²) in [5, 5.41) is 2.92. The van der Waals surface area contributed by atoms with Crippen LogP contribution in [0.5, 0.6) is 11.5 Å². The van der Waals surface area contributed by atoms with Crippen LogP contribution in [0.25, 0.3) is 0 Å². The molecule has 1 heterocycles. The van der Waals surface area contributed by atoms with Gasteiger partial charge in [-0.1, -0.05) is 74.5 Å². The highest BCUT2D eigenvalue weighted by molar-refractivity contribution is 6.36. The second kappa shape index (κ2) is 10.5. The molecule has 2 bridgehead atoms. The average molecular weight is 640 g/mol. The Bertz CT molecular complexity index is 1760. The first-order valence-electron chi connectivity index (χ1n) is 15.1. The maximum atomic E-state index is 14.4. The number of carbonyl (C=O) groups is 3. The number of amides is 3. The third-order valence-corrected chi connectivity index (χ3v) is 11.0. The lowest BCUT2D eigenvalue weighted by atomic mass is 9.54. The zero-order valence-corrected chi connectivity index (χ0v) is 26.8. The molecular formula is C37H32Cl2N2O4. The van der Waals surface area contributed by atoms with Gasteiger partial charge in [-0.25, -0.2) is 0 Å². The van der Waals surface area contributed by atoms with Crippen LogP contribution in [0.3, 0.4) is 0 Å². The molecule has 4 aliphatic rings. The normalized spacial score (nSPS) is 25.1. The molecule has 0 spiro atoms. The Labute approximate surface area is 272 Å². The first-order valence-corrected chi connectivity index (χ1v) is 15.8. The van der Waals surface area contributed by atoms with Crippen LogP contribution in [-0.4, -0.2) is 28.7 Å². The van der Waals surface area contributed by atoms with E-state index in [0.717, 1.165) is 44.0 Å². The van der Waals surface area contributed by atoms with Crippen molar-refractivity contribution in [2.24, 2.45) is 17.8 Å². The quantitative estimate of drug-likeness (QED) is 0.174. The highest BCUT2D eigenvalue weighted by atomic mass is 35.5. The Balaban J connectivity index is 1.20. The first kappa shape index (κ1) is 29.6. The Hall–Kier alpha value is -4.13. The molecule has 3 amide bonds. The van der Waals surface area contributed by atoms with Gasteiger partial charge in [-0.05, 0) is 83.5 Å². The van der Waals surface area contributed by atoms with E-state index in [1.807, 2.05) is 94.4 Å². The number of hydrogen-bond donors (Lipinski definition) is 1. The van der Waals surface area contributed by atoms with Gasteiger partial charge in [0.1, 0.15) is 27.3 Å². The number of aryl methyl sites for hydroxylation is 1. The van der Waals surface area contributed by atoms with Crippen molar-refractivity contribution in [3.05, 3.63) is 124 Å². The van der Waals surface area contributed by atoms with Crippen LogP contribution >= 0.6 is 23.2 Å². The summed E-state index contributed by atoms with van der Waals surface area (Å²) >= 11 is 15.1. The number of alkyl halides is 2. The Morgan fingerprint density at radius 1 is 0.756 bits per heavy atom. The van der Waals surface area contributed by atoms with Crippen molar-refractivity contribution in [2.45, 2.75) is 43.5 Å².